The van der Waals surface area contributed by atoms with Crippen molar-refractivity contribution in [1.82, 2.24) is 14.8 Å². The Morgan fingerprint density at radius 2 is 2.31 bits per heavy atom. The van der Waals surface area contributed by atoms with Crippen molar-refractivity contribution in [2.75, 3.05) is 0 Å². The Labute approximate surface area is 78.9 Å². The van der Waals surface area contributed by atoms with E-state index in [9.17, 15) is 4.39 Å². The molecule has 0 bridgehead atoms. The third kappa shape index (κ3) is 1.25. The molecular weight excluding hydrogens is 189 g/mol. The van der Waals surface area contributed by atoms with E-state index in [1.165, 1.54) is 16.0 Å². The number of aromatic nitrogens is 3. The molecule has 0 atom stereocenters. The fourth-order valence-corrected chi connectivity index (χ4v) is 1.67. The molecule has 0 aliphatic carbocycles. The summed E-state index contributed by atoms with van der Waals surface area (Å²) in [5, 5.41) is 6.47. The fraction of sp³-hybridized carbons (Fsp3) is 0.250. The van der Waals surface area contributed by atoms with E-state index < -0.39 is 0 Å². The van der Waals surface area contributed by atoms with Crippen molar-refractivity contribution >= 4 is 11.3 Å². The van der Waals surface area contributed by atoms with Crippen LogP contribution in [0.5, 0.6) is 0 Å². The number of rotatable bonds is 1. The first kappa shape index (κ1) is 8.37. The second-order valence-corrected chi connectivity index (χ2v) is 3.60. The van der Waals surface area contributed by atoms with Crippen LogP contribution in [0.2, 0.25) is 0 Å². The van der Waals surface area contributed by atoms with Crippen LogP contribution in [-0.4, -0.2) is 14.8 Å². The van der Waals surface area contributed by atoms with Crippen molar-refractivity contribution < 1.29 is 4.39 Å². The van der Waals surface area contributed by atoms with Gasteiger partial charge >= 0.3 is 0 Å². The summed E-state index contributed by atoms with van der Waals surface area (Å²) in [5.41, 5.74) is 0.875. The molecule has 0 N–H and O–H groups in total. The molecule has 0 saturated heterocycles. The third-order valence-electron chi connectivity index (χ3n) is 1.90. The molecule has 0 spiro atoms. The highest BCUT2D eigenvalue weighted by atomic mass is 32.1. The van der Waals surface area contributed by atoms with Crippen LogP contribution in [0.25, 0.3) is 10.7 Å². The van der Waals surface area contributed by atoms with Crippen molar-refractivity contribution in [3.8, 4) is 10.7 Å². The summed E-state index contributed by atoms with van der Waals surface area (Å²) < 4.78 is 15.0. The van der Waals surface area contributed by atoms with Crippen LogP contribution in [0.3, 0.4) is 0 Å². The minimum absolute atomic E-state index is 0.280. The summed E-state index contributed by atoms with van der Waals surface area (Å²) in [4.78, 5) is 4.00. The predicted octanol–water partition coefficient (Wildman–Crippen LogP) is 1.99. The zero-order valence-corrected chi connectivity index (χ0v) is 8.10. The monoisotopic (exact) mass is 197 g/mol. The molecule has 0 radical (unpaired) electrons. The van der Waals surface area contributed by atoms with Crippen LogP contribution in [0, 0.1) is 12.7 Å². The van der Waals surface area contributed by atoms with Gasteiger partial charge in [0.2, 0.25) is 0 Å². The van der Waals surface area contributed by atoms with Crippen LogP contribution in [0.4, 0.5) is 4.39 Å². The lowest BCUT2D eigenvalue weighted by Gasteiger charge is -1.88. The molecule has 0 aliphatic heterocycles. The van der Waals surface area contributed by atoms with Gasteiger partial charge in [-0.3, -0.25) is 4.68 Å². The molecule has 13 heavy (non-hydrogen) atoms. The average Bonchev–Trinajstić information content (AvgIpc) is 2.70. The molecule has 2 heterocycles. The van der Waals surface area contributed by atoms with Crippen molar-refractivity contribution in [2.45, 2.75) is 6.92 Å². The quantitative estimate of drug-likeness (QED) is 0.700. The van der Waals surface area contributed by atoms with Gasteiger partial charge in [-0.15, -0.1) is 11.3 Å². The lowest BCUT2D eigenvalue weighted by atomic mass is 10.3. The van der Waals surface area contributed by atoms with Crippen molar-refractivity contribution in [1.29, 1.82) is 0 Å². The molecule has 2 aromatic rings. The highest BCUT2D eigenvalue weighted by Crippen LogP contribution is 2.24. The lowest BCUT2D eigenvalue weighted by molar-refractivity contribution is 0.612. The minimum atomic E-state index is -0.280. The van der Waals surface area contributed by atoms with E-state index in [2.05, 4.69) is 10.1 Å². The number of nitrogens with zero attached hydrogens (tertiary/aromatic N) is 3. The van der Waals surface area contributed by atoms with Crippen LogP contribution < -0.4 is 0 Å². The summed E-state index contributed by atoms with van der Waals surface area (Å²) in [6.45, 7) is 1.69. The topological polar surface area (TPSA) is 30.7 Å². The molecule has 5 heteroatoms. The number of aryl methyl sites for hydroxylation is 1. The van der Waals surface area contributed by atoms with E-state index in [1.807, 2.05) is 0 Å². The molecule has 2 rings (SSSR count). The van der Waals surface area contributed by atoms with Crippen LogP contribution in [0.1, 0.15) is 5.69 Å². The van der Waals surface area contributed by atoms with Gasteiger partial charge in [-0.25, -0.2) is 9.37 Å². The van der Waals surface area contributed by atoms with E-state index >= 15 is 0 Å². The van der Waals surface area contributed by atoms with Crippen molar-refractivity contribution in [2.24, 2.45) is 7.05 Å². The summed E-state index contributed by atoms with van der Waals surface area (Å²) in [7, 11) is 1.72. The van der Waals surface area contributed by atoms with Gasteiger partial charge in [0.1, 0.15) is 5.01 Å². The maximum Gasteiger partial charge on any atom is 0.174 e. The molecule has 0 aliphatic rings. The van der Waals surface area contributed by atoms with Crippen LogP contribution in [0.15, 0.2) is 11.6 Å². The number of hydrogen-bond acceptors (Lipinski definition) is 3. The molecule has 3 nitrogen and oxygen atoms in total. The molecule has 0 amide bonds. The van der Waals surface area contributed by atoms with Crippen molar-refractivity contribution in [3.63, 3.8) is 0 Å². The van der Waals surface area contributed by atoms with Gasteiger partial charge in [0.05, 0.1) is 5.69 Å². The first-order valence-electron chi connectivity index (χ1n) is 3.79. The molecule has 2 aromatic heterocycles. The molecular formula is C8H8FN3S. The second-order valence-electron chi connectivity index (χ2n) is 2.71. The highest BCUT2D eigenvalue weighted by molar-refractivity contribution is 7.13. The first-order valence-corrected chi connectivity index (χ1v) is 4.67. The number of halogens is 1. The van der Waals surface area contributed by atoms with Gasteiger partial charge in [-0.05, 0) is 6.92 Å². The summed E-state index contributed by atoms with van der Waals surface area (Å²) in [6, 6.07) is 0. The zero-order chi connectivity index (χ0) is 9.42. The normalized spacial score (nSPS) is 10.7. The van der Waals surface area contributed by atoms with Gasteiger partial charge in [-0.2, -0.15) is 5.10 Å². The molecule has 0 fully saturated rings. The van der Waals surface area contributed by atoms with E-state index in [4.69, 9.17) is 0 Å². The summed E-state index contributed by atoms with van der Waals surface area (Å²) in [5.74, 6) is -0.280. The SMILES string of the molecule is Cc1c(F)c(-c2nccs2)nn1C. The molecule has 68 valence electrons. The standard InChI is InChI=1S/C8H8FN3S/c1-5-6(9)7(11-12(5)2)8-10-3-4-13-8/h3-4H,1-2H3. The number of thiazole rings is 1. The predicted molar refractivity (Wildman–Crippen MR) is 49.0 cm³/mol. The van der Waals surface area contributed by atoms with E-state index in [0.717, 1.165) is 0 Å². The van der Waals surface area contributed by atoms with Crippen LogP contribution in [-0.2, 0) is 7.05 Å². The fourth-order valence-electron chi connectivity index (χ4n) is 1.06. The summed E-state index contributed by atoms with van der Waals surface area (Å²) in [6.07, 6.45) is 1.64. The Kier molecular flexibility index (Phi) is 1.88. The number of hydrogen-bond donors (Lipinski definition) is 0. The highest BCUT2D eigenvalue weighted by Gasteiger charge is 2.15. The Morgan fingerprint density at radius 3 is 2.77 bits per heavy atom. The average molecular weight is 197 g/mol. The van der Waals surface area contributed by atoms with Gasteiger partial charge in [0, 0.05) is 18.6 Å². The second kappa shape index (κ2) is 2.92. The van der Waals surface area contributed by atoms with Crippen molar-refractivity contribution in [3.05, 3.63) is 23.1 Å². The Bertz CT molecular complexity index is 419. The minimum Gasteiger partial charge on any atom is -0.269 e. The Hall–Kier alpha value is -1.23. The van der Waals surface area contributed by atoms with Gasteiger partial charge in [-0.1, -0.05) is 0 Å². The smallest absolute Gasteiger partial charge is 0.174 e. The maximum absolute atomic E-state index is 13.5. The Morgan fingerprint density at radius 1 is 1.54 bits per heavy atom. The lowest BCUT2D eigenvalue weighted by Crippen LogP contribution is -1.92. The zero-order valence-electron chi connectivity index (χ0n) is 7.28. The van der Waals surface area contributed by atoms with Crippen LogP contribution >= 0.6 is 11.3 Å². The Balaban J connectivity index is 2.59. The first-order chi connectivity index (χ1) is 6.20. The van der Waals surface area contributed by atoms with Gasteiger partial charge < -0.3 is 0 Å². The van der Waals surface area contributed by atoms with Gasteiger partial charge in [0.25, 0.3) is 0 Å². The summed E-state index contributed by atoms with van der Waals surface area (Å²) >= 11 is 1.39. The molecule has 0 aromatic carbocycles. The van der Waals surface area contributed by atoms with Gasteiger partial charge in [0.15, 0.2) is 11.5 Å². The molecule has 0 saturated carbocycles. The van der Waals surface area contributed by atoms with E-state index in [1.54, 1.807) is 25.5 Å². The third-order valence-corrected chi connectivity index (χ3v) is 2.68. The largest absolute Gasteiger partial charge is 0.269 e. The van der Waals surface area contributed by atoms with E-state index in [-0.39, 0.29) is 5.82 Å². The van der Waals surface area contributed by atoms with E-state index in [0.29, 0.717) is 16.4 Å². The molecule has 0 unspecified atom stereocenters. The maximum atomic E-state index is 13.5.